The molecule has 4 heteroatoms. The van der Waals surface area contributed by atoms with Gasteiger partial charge in [-0.2, -0.15) is 5.26 Å². The van der Waals surface area contributed by atoms with E-state index in [9.17, 15) is 0 Å². The Balaban J connectivity index is 2.26. The molecule has 0 radical (unpaired) electrons. The molecule has 0 saturated carbocycles. The molecule has 0 saturated heterocycles. The average molecular weight is 262 g/mol. The number of nitriles is 1. The molecule has 98 valence electrons. The first-order chi connectivity index (χ1) is 9.69. The summed E-state index contributed by atoms with van der Waals surface area (Å²) < 4.78 is 1.90. The van der Waals surface area contributed by atoms with Gasteiger partial charge in [-0.1, -0.05) is 29.8 Å². The number of hydrogen-bond acceptors (Lipinski definition) is 3. The molecule has 0 bridgehead atoms. The third-order valence-corrected chi connectivity index (χ3v) is 3.31. The molecule has 0 aliphatic carbocycles. The second-order valence-electron chi connectivity index (χ2n) is 4.80. The van der Waals surface area contributed by atoms with Crippen molar-refractivity contribution >= 4 is 11.3 Å². The molecule has 2 N–H and O–H groups in total. The van der Waals surface area contributed by atoms with Crippen LogP contribution in [-0.4, -0.2) is 9.38 Å². The average Bonchev–Trinajstić information content (AvgIpc) is 2.79. The largest absolute Gasteiger partial charge is 0.398 e. The van der Waals surface area contributed by atoms with Gasteiger partial charge in [-0.25, -0.2) is 4.98 Å². The van der Waals surface area contributed by atoms with Crippen molar-refractivity contribution in [3.05, 3.63) is 53.9 Å². The monoisotopic (exact) mass is 262 g/mol. The van der Waals surface area contributed by atoms with E-state index in [4.69, 9.17) is 11.0 Å². The quantitative estimate of drug-likeness (QED) is 0.772. The molecular formula is C16H14N4. The summed E-state index contributed by atoms with van der Waals surface area (Å²) in [6, 6.07) is 14.0. The number of benzene rings is 1. The second kappa shape index (κ2) is 4.71. The summed E-state index contributed by atoms with van der Waals surface area (Å²) in [6.45, 7) is 2.05. The summed E-state index contributed by atoms with van der Waals surface area (Å²) in [5.74, 6) is 0. The second-order valence-corrected chi connectivity index (χ2v) is 4.80. The van der Waals surface area contributed by atoms with E-state index in [1.807, 2.05) is 53.9 Å². The number of pyridine rings is 1. The number of fused-ring (bicyclic) bond motifs is 1. The van der Waals surface area contributed by atoms with E-state index in [2.05, 4.69) is 11.1 Å². The number of nitrogen functional groups attached to an aromatic ring is 1. The number of nitrogens with two attached hydrogens (primary N) is 1. The van der Waals surface area contributed by atoms with Crippen LogP contribution in [-0.2, 0) is 6.42 Å². The van der Waals surface area contributed by atoms with Gasteiger partial charge >= 0.3 is 0 Å². The molecular weight excluding hydrogens is 248 g/mol. The minimum absolute atomic E-state index is 0.299. The van der Waals surface area contributed by atoms with Crippen LogP contribution in [0.3, 0.4) is 0 Å². The highest BCUT2D eigenvalue weighted by Gasteiger charge is 2.13. The van der Waals surface area contributed by atoms with Crippen LogP contribution in [0.5, 0.6) is 0 Å². The van der Waals surface area contributed by atoms with Crippen LogP contribution < -0.4 is 5.73 Å². The lowest BCUT2D eigenvalue weighted by Crippen LogP contribution is -1.95. The van der Waals surface area contributed by atoms with Gasteiger partial charge in [0.05, 0.1) is 23.9 Å². The zero-order chi connectivity index (χ0) is 14.1. The van der Waals surface area contributed by atoms with Crippen LogP contribution in [0.1, 0.15) is 11.3 Å². The molecule has 4 nitrogen and oxygen atoms in total. The van der Waals surface area contributed by atoms with Crippen molar-refractivity contribution in [1.82, 2.24) is 9.38 Å². The van der Waals surface area contributed by atoms with Gasteiger partial charge in [-0.05, 0) is 19.1 Å². The lowest BCUT2D eigenvalue weighted by molar-refractivity contribution is 1.06. The minimum atomic E-state index is 0.299. The van der Waals surface area contributed by atoms with Crippen LogP contribution in [0, 0.1) is 18.3 Å². The topological polar surface area (TPSA) is 67.1 Å². The van der Waals surface area contributed by atoms with Crippen molar-refractivity contribution in [2.24, 2.45) is 0 Å². The Labute approximate surface area is 117 Å². The molecule has 0 amide bonds. The van der Waals surface area contributed by atoms with E-state index >= 15 is 0 Å². The van der Waals surface area contributed by atoms with Crippen LogP contribution in [0.25, 0.3) is 16.9 Å². The van der Waals surface area contributed by atoms with Crippen LogP contribution in [0.15, 0.2) is 42.6 Å². The van der Waals surface area contributed by atoms with E-state index in [1.54, 1.807) is 0 Å². The number of rotatable bonds is 2. The molecule has 0 aliphatic heterocycles. The van der Waals surface area contributed by atoms with E-state index in [0.29, 0.717) is 12.1 Å². The summed E-state index contributed by atoms with van der Waals surface area (Å²) in [5, 5.41) is 9.06. The molecule has 0 atom stereocenters. The third-order valence-electron chi connectivity index (χ3n) is 3.31. The fourth-order valence-electron chi connectivity index (χ4n) is 2.30. The molecule has 3 rings (SSSR count). The van der Waals surface area contributed by atoms with E-state index in [-0.39, 0.29) is 0 Å². The van der Waals surface area contributed by atoms with Crippen molar-refractivity contribution in [3.8, 4) is 17.3 Å². The van der Waals surface area contributed by atoms with Gasteiger partial charge in [0.15, 0.2) is 0 Å². The Morgan fingerprint density at radius 1 is 1.20 bits per heavy atom. The summed E-state index contributed by atoms with van der Waals surface area (Å²) in [4.78, 5) is 4.63. The van der Waals surface area contributed by atoms with Crippen molar-refractivity contribution in [2.45, 2.75) is 13.3 Å². The van der Waals surface area contributed by atoms with Crippen LogP contribution in [0.2, 0.25) is 0 Å². The number of imidazole rings is 1. The van der Waals surface area contributed by atoms with Crippen LogP contribution >= 0.6 is 0 Å². The zero-order valence-corrected chi connectivity index (χ0v) is 11.2. The van der Waals surface area contributed by atoms with Gasteiger partial charge in [-0.15, -0.1) is 0 Å². The summed E-state index contributed by atoms with van der Waals surface area (Å²) in [7, 11) is 0. The maximum atomic E-state index is 9.06. The Kier molecular flexibility index (Phi) is 2.88. The van der Waals surface area contributed by atoms with Crippen molar-refractivity contribution in [3.63, 3.8) is 0 Å². The molecule has 1 aromatic carbocycles. The molecule has 0 aliphatic rings. The van der Waals surface area contributed by atoms with Crippen molar-refractivity contribution < 1.29 is 0 Å². The first-order valence-corrected chi connectivity index (χ1v) is 6.39. The maximum Gasteiger partial charge on any atom is 0.137 e. The number of anilines is 1. The van der Waals surface area contributed by atoms with Crippen molar-refractivity contribution in [2.75, 3.05) is 5.73 Å². The number of aryl methyl sites for hydroxylation is 1. The molecule has 3 aromatic rings. The molecule has 0 fully saturated rings. The molecule has 20 heavy (non-hydrogen) atoms. The predicted octanol–water partition coefficient (Wildman–Crippen LogP) is 2.96. The maximum absolute atomic E-state index is 9.06. The van der Waals surface area contributed by atoms with Gasteiger partial charge in [-0.3, -0.25) is 0 Å². The Morgan fingerprint density at radius 3 is 2.65 bits per heavy atom. The number of hydrogen-bond donors (Lipinski definition) is 1. The third kappa shape index (κ3) is 1.99. The highest BCUT2D eigenvalue weighted by molar-refractivity contribution is 5.68. The summed E-state index contributed by atoms with van der Waals surface area (Å²) in [6.07, 6.45) is 2.11. The Morgan fingerprint density at radius 2 is 1.95 bits per heavy atom. The number of aromatic nitrogens is 2. The van der Waals surface area contributed by atoms with Crippen LogP contribution in [0.4, 0.5) is 5.69 Å². The van der Waals surface area contributed by atoms with Gasteiger partial charge in [0.2, 0.25) is 0 Å². The molecule has 2 aromatic heterocycles. The molecule has 2 heterocycles. The van der Waals surface area contributed by atoms with E-state index in [1.165, 1.54) is 5.56 Å². The SMILES string of the molecule is Cc1ccc(-c2nc3ccc(N)cn3c2CC#N)cc1. The Bertz CT molecular complexity index is 807. The smallest absolute Gasteiger partial charge is 0.137 e. The van der Waals surface area contributed by atoms with Crippen molar-refractivity contribution in [1.29, 1.82) is 5.26 Å². The highest BCUT2D eigenvalue weighted by Crippen LogP contribution is 2.25. The lowest BCUT2D eigenvalue weighted by Gasteiger charge is -2.02. The summed E-state index contributed by atoms with van der Waals surface area (Å²) in [5.41, 5.74) is 11.2. The van der Waals surface area contributed by atoms with Gasteiger partial charge in [0, 0.05) is 17.4 Å². The zero-order valence-electron chi connectivity index (χ0n) is 11.2. The first-order valence-electron chi connectivity index (χ1n) is 6.39. The molecule has 0 unspecified atom stereocenters. The van der Waals surface area contributed by atoms with Gasteiger partial charge in [0.1, 0.15) is 5.65 Å². The summed E-state index contributed by atoms with van der Waals surface area (Å²) >= 11 is 0. The molecule has 0 spiro atoms. The van der Waals surface area contributed by atoms with E-state index in [0.717, 1.165) is 22.6 Å². The van der Waals surface area contributed by atoms with Gasteiger partial charge < -0.3 is 10.1 Å². The minimum Gasteiger partial charge on any atom is -0.398 e. The standard InChI is InChI=1S/C16H14N4/c1-11-2-4-12(5-3-11)16-14(8-9-17)20-10-13(18)6-7-15(20)19-16/h2-7,10H,8,18H2,1H3. The normalized spacial score (nSPS) is 10.6. The van der Waals surface area contributed by atoms with E-state index < -0.39 is 0 Å². The highest BCUT2D eigenvalue weighted by atomic mass is 15.0. The Hall–Kier alpha value is -2.80. The fourth-order valence-corrected chi connectivity index (χ4v) is 2.30. The predicted molar refractivity (Wildman–Crippen MR) is 79.1 cm³/mol. The fraction of sp³-hybridized carbons (Fsp3) is 0.125. The lowest BCUT2D eigenvalue weighted by atomic mass is 10.1. The number of nitrogens with zero attached hydrogens (tertiary/aromatic N) is 3. The first kappa shape index (κ1) is 12.2. The van der Waals surface area contributed by atoms with Gasteiger partial charge in [0.25, 0.3) is 0 Å².